The molecule has 0 aliphatic carbocycles. The van der Waals surface area contributed by atoms with E-state index in [1.54, 1.807) is 18.3 Å². The minimum atomic E-state index is -2.46. The summed E-state index contributed by atoms with van der Waals surface area (Å²) in [5, 5.41) is 7.99. The molecular weight excluding hydrogens is 240 g/mol. The molecule has 0 aromatic carbocycles. The van der Waals surface area contributed by atoms with E-state index in [1.165, 1.54) is 0 Å². The molecule has 0 amide bonds. The van der Waals surface area contributed by atoms with Crippen molar-refractivity contribution in [1.82, 2.24) is 15.2 Å². The van der Waals surface area contributed by atoms with Crippen molar-refractivity contribution < 1.29 is 8.78 Å². The van der Waals surface area contributed by atoms with Crippen molar-refractivity contribution in [3.05, 3.63) is 24.4 Å². The first-order valence-electron chi connectivity index (χ1n) is 3.95. The van der Waals surface area contributed by atoms with E-state index in [0.29, 0.717) is 22.5 Å². The molecule has 15 heavy (non-hydrogen) atoms. The zero-order chi connectivity index (χ0) is 10.7. The summed E-state index contributed by atoms with van der Waals surface area (Å²) >= 11 is 1.51. The summed E-state index contributed by atoms with van der Waals surface area (Å²) in [7, 11) is 0. The number of aromatic nitrogens is 3. The first-order valence-corrected chi connectivity index (χ1v) is 5.65. The van der Waals surface area contributed by atoms with E-state index >= 15 is 0 Å². The van der Waals surface area contributed by atoms with Crippen LogP contribution in [0.25, 0.3) is 10.7 Å². The Morgan fingerprint density at radius 1 is 1.27 bits per heavy atom. The maximum Gasteiger partial charge on any atom is 0.291 e. The SMILES string of the molecule is FC(F)Sc1nnc(-c2ccccn2)s1. The molecule has 0 aliphatic heterocycles. The van der Waals surface area contributed by atoms with Crippen LogP contribution in [-0.4, -0.2) is 20.9 Å². The predicted molar refractivity (Wildman–Crippen MR) is 55.0 cm³/mol. The molecule has 0 N–H and O–H groups in total. The lowest BCUT2D eigenvalue weighted by Crippen LogP contribution is -1.80. The molecule has 2 aromatic heterocycles. The molecule has 0 atom stereocenters. The Morgan fingerprint density at radius 2 is 2.13 bits per heavy atom. The third kappa shape index (κ3) is 2.69. The van der Waals surface area contributed by atoms with Crippen LogP contribution < -0.4 is 0 Å². The summed E-state index contributed by atoms with van der Waals surface area (Å²) in [5.41, 5.74) is 0.649. The second-order valence-electron chi connectivity index (χ2n) is 2.47. The second-order valence-corrected chi connectivity index (χ2v) is 4.68. The molecule has 0 saturated heterocycles. The van der Waals surface area contributed by atoms with Gasteiger partial charge in [0.1, 0.15) is 5.69 Å². The van der Waals surface area contributed by atoms with E-state index in [2.05, 4.69) is 15.2 Å². The predicted octanol–water partition coefficient (Wildman–Crippen LogP) is 2.91. The second kappa shape index (κ2) is 4.63. The number of hydrogen-bond donors (Lipinski definition) is 0. The van der Waals surface area contributed by atoms with E-state index < -0.39 is 5.76 Å². The van der Waals surface area contributed by atoms with Crippen LogP contribution in [-0.2, 0) is 0 Å². The van der Waals surface area contributed by atoms with E-state index in [0.717, 1.165) is 11.3 Å². The maximum absolute atomic E-state index is 12.0. The maximum atomic E-state index is 12.0. The smallest absolute Gasteiger partial charge is 0.254 e. The van der Waals surface area contributed by atoms with Crippen molar-refractivity contribution in [2.24, 2.45) is 0 Å². The third-order valence-electron chi connectivity index (χ3n) is 1.48. The van der Waals surface area contributed by atoms with Crippen LogP contribution in [0.2, 0.25) is 0 Å². The van der Waals surface area contributed by atoms with Gasteiger partial charge in [0.05, 0.1) is 0 Å². The first kappa shape index (κ1) is 10.4. The van der Waals surface area contributed by atoms with Crippen molar-refractivity contribution in [3.8, 4) is 10.7 Å². The summed E-state index contributed by atoms with van der Waals surface area (Å²) in [6, 6.07) is 5.35. The van der Waals surface area contributed by atoms with Gasteiger partial charge >= 0.3 is 0 Å². The highest BCUT2D eigenvalue weighted by molar-refractivity contribution is 8.01. The standard InChI is InChI=1S/C8H5F2N3S2/c9-7(10)15-8-13-12-6(14-8)5-3-1-2-4-11-5/h1-4,7H. The van der Waals surface area contributed by atoms with Gasteiger partial charge in [-0.2, -0.15) is 8.78 Å². The van der Waals surface area contributed by atoms with E-state index in [-0.39, 0.29) is 4.34 Å². The molecule has 0 fully saturated rings. The van der Waals surface area contributed by atoms with Crippen LogP contribution in [0, 0.1) is 0 Å². The molecule has 2 rings (SSSR count). The minimum absolute atomic E-state index is 0.255. The molecule has 0 bridgehead atoms. The molecule has 0 radical (unpaired) electrons. The highest BCUT2D eigenvalue weighted by Crippen LogP contribution is 2.31. The highest BCUT2D eigenvalue weighted by Gasteiger charge is 2.12. The lowest BCUT2D eigenvalue weighted by atomic mass is 10.4. The van der Waals surface area contributed by atoms with Gasteiger partial charge in [-0.05, 0) is 23.9 Å². The van der Waals surface area contributed by atoms with Gasteiger partial charge in [-0.3, -0.25) is 4.98 Å². The number of alkyl halides is 2. The Bertz CT molecular complexity index is 432. The zero-order valence-electron chi connectivity index (χ0n) is 7.30. The molecule has 3 nitrogen and oxygen atoms in total. The summed E-state index contributed by atoms with van der Waals surface area (Å²) < 4.78 is 24.3. The molecule has 0 spiro atoms. The number of rotatable bonds is 3. The Morgan fingerprint density at radius 3 is 2.80 bits per heavy atom. The van der Waals surface area contributed by atoms with Gasteiger partial charge in [0.2, 0.25) is 0 Å². The quantitative estimate of drug-likeness (QED) is 0.779. The fraction of sp³-hybridized carbons (Fsp3) is 0.125. The lowest BCUT2D eigenvalue weighted by molar-refractivity contribution is 0.252. The van der Waals surface area contributed by atoms with Crippen LogP contribution in [0.15, 0.2) is 28.7 Å². The molecule has 0 unspecified atom stereocenters. The number of halogens is 2. The largest absolute Gasteiger partial charge is 0.291 e. The van der Waals surface area contributed by atoms with Crippen LogP contribution >= 0.6 is 23.1 Å². The van der Waals surface area contributed by atoms with Crippen LogP contribution in [0.4, 0.5) is 8.78 Å². The van der Waals surface area contributed by atoms with Crippen molar-refractivity contribution in [3.63, 3.8) is 0 Å². The Hall–Kier alpha value is -1.08. The van der Waals surface area contributed by atoms with Crippen molar-refractivity contribution in [2.75, 3.05) is 0 Å². The molecule has 0 saturated carbocycles. The number of nitrogens with zero attached hydrogens (tertiary/aromatic N) is 3. The van der Waals surface area contributed by atoms with Crippen molar-refractivity contribution in [1.29, 1.82) is 0 Å². The Balaban J connectivity index is 2.21. The fourth-order valence-corrected chi connectivity index (χ4v) is 2.37. The average molecular weight is 245 g/mol. The van der Waals surface area contributed by atoms with Gasteiger partial charge in [0.25, 0.3) is 5.76 Å². The molecule has 2 heterocycles. The molecule has 78 valence electrons. The average Bonchev–Trinajstić information content (AvgIpc) is 2.67. The van der Waals surface area contributed by atoms with Gasteiger partial charge in [-0.1, -0.05) is 17.4 Å². The minimum Gasteiger partial charge on any atom is -0.254 e. The van der Waals surface area contributed by atoms with Gasteiger partial charge in [-0.25, -0.2) is 0 Å². The summed E-state index contributed by atoms with van der Waals surface area (Å²) in [6.45, 7) is 0. The van der Waals surface area contributed by atoms with Gasteiger partial charge in [0, 0.05) is 6.20 Å². The highest BCUT2D eigenvalue weighted by atomic mass is 32.2. The molecule has 2 aromatic rings. The number of pyridine rings is 1. The van der Waals surface area contributed by atoms with Gasteiger partial charge in [-0.15, -0.1) is 10.2 Å². The Kier molecular flexibility index (Phi) is 3.22. The number of hydrogen-bond acceptors (Lipinski definition) is 5. The molecular formula is C8H5F2N3S2. The summed E-state index contributed by atoms with van der Waals surface area (Å²) in [4.78, 5) is 4.05. The van der Waals surface area contributed by atoms with E-state index in [4.69, 9.17) is 0 Å². The van der Waals surface area contributed by atoms with Crippen LogP contribution in [0.3, 0.4) is 0 Å². The summed E-state index contributed by atoms with van der Waals surface area (Å²) in [5.74, 6) is -2.46. The third-order valence-corrected chi connectivity index (χ3v) is 3.22. The van der Waals surface area contributed by atoms with Crippen LogP contribution in [0.1, 0.15) is 0 Å². The van der Waals surface area contributed by atoms with Crippen molar-refractivity contribution in [2.45, 2.75) is 10.1 Å². The Labute approximate surface area is 92.6 Å². The zero-order valence-corrected chi connectivity index (χ0v) is 8.93. The van der Waals surface area contributed by atoms with E-state index in [1.807, 2.05) is 6.07 Å². The number of thioether (sulfide) groups is 1. The van der Waals surface area contributed by atoms with Crippen molar-refractivity contribution >= 4 is 23.1 Å². The first-order chi connectivity index (χ1) is 7.25. The fourth-order valence-electron chi connectivity index (χ4n) is 0.926. The molecule has 7 heteroatoms. The van der Waals surface area contributed by atoms with Crippen LogP contribution in [0.5, 0.6) is 0 Å². The normalized spacial score (nSPS) is 10.9. The van der Waals surface area contributed by atoms with E-state index in [9.17, 15) is 8.78 Å². The topological polar surface area (TPSA) is 38.7 Å². The monoisotopic (exact) mass is 245 g/mol. The van der Waals surface area contributed by atoms with Gasteiger partial charge < -0.3 is 0 Å². The summed E-state index contributed by atoms with van der Waals surface area (Å²) in [6.07, 6.45) is 1.62. The molecule has 0 aliphatic rings. The lowest BCUT2D eigenvalue weighted by Gasteiger charge is -1.91. The van der Waals surface area contributed by atoms with Gasteiger partial charge in [0.15, 0.2) is 9.35 Å².